The summed E-state index contributed by atoms with van der Waals surface area (Å²) in [5.74, 6) is 0. The molecule has 0 radical (unpaired) electrons. The van der Waals surface area contributed by atoms with Crippen LogP contribution in [0.4, 0.5) is 0 Å². The molecule has 0 heterocycles. The Morgan fingerprint density at radius 3 is 2.29 bits per heavy atom. The second kappa shape index (κ2) is 9.94. The summed E-state index contributed by atoms with van der Waals surface area (Å²) in [6.45, 7) is 1.05. The lowest BCUT2D eigenvalue weighted by molar-refractivity contribution is -0.0945. The maximum absolute atomic E-state index is 8.40. The van der Waals surface area contributed by atoms with E-state index >= 15 is 0 Å². The van der Waals surface area contributed by atoms with Gasteiger partial charge >= 0.3 is 0 Å². The van der Waals surface area contributed by atoms with Crippen LogP contribution in [0.2, 0.25) is 0 Å². The Labute approximate surface area is 83.8 Å². The van der Waals surface area contributed by atoms with Crippen LogP contribution in [0.3, 0.4) is 0 Å². The van der Waals surface area contributed by atoms with E-state index in [0.717, 1.165) is 0 Å². The minimum Gasteiger partial charge on any atom is -0.382 e. The number of rotatable bonds is 8. The van der Waals surface area contributed by atoms with Crippen molar-refractivity contribution < 1.29 is 14.2 Å². The Balaban J connectivity index is 3.42. The molecule has 0 aromatic carbocycles. The Morgan fingerprint density at radius 2 is 1.79 bits per heavy atom. The first-order chi connectivity index (χ1) is 6.85. The molecule has 0 aliphatic rings. The molecule has 0 spiro atoms. The van der Waals surface area contributed by atoms with E-state index in [2.05, 4.69) is 0 Å². The minimum atomic E-state index is -0.354. The second-order valence-electron chi connectivity index (χ2n) is 2.53. The fraction of sp³-hybridized carbons (Fsp3) is 0.778. The molecular weight excluding hydrogens is 184 g/mol. The second-order valence-corrected chi connectivity index (χ2v) is 2.53. The molecule has 0 saturated carbocycles. The van der Waals surface area contributed by atoms with Crippen molar-refractivity contribution in [3.8, 4) is 12.1 Å². The molecule has 0 aromatic rings. The van der Waals surface area contributed by atoms with Crippen LogP contribution >= 0.6 is 0 Å². The zero-order valence-corrected chi connectivity index (χ0v) is 8.23. The van der Waals surface area contributed by atoms with Crippen LogP contribution in [0.25, 0.3) is 0 Å². The van der Waals surface area contributed by atoms with Crippen molar-refractivity contribution in [1.29, 1.82) is 10.5 Å². The largest absolute Gasteiger partial charge is 0.382 e. The summed E-state index contributed by atoms with van der Waals surface area (Å²) >= 11 is 0. The number of ether oxygens (including phenoxy) is 3. The van der Waals surface area contributed by atoms with E-state index in [1.807, 2.05) is 12.1 Å². The van der Waals surface area contributed by atoms with E-state index in [0.29, 0.717) is 13.2 Å². The van der Waals surface area contributed by atoms with Gasteiger partial charge in [-0.25, -0.2) is 0 Å². The Hall–Kier alpha value is -1.14. The van der Waals surface area contributed by atoms with Crippen LogP contribution in [0.15, 0.2) is 0 Å². The van der Waals surface area contributed by atoms with Gasteiger partial charge in [0, 0.05) is 7.11 Å². The molecule has 0 aliphatic carbocycles. The van der Waals surface area contributed by atoms with Crippen molar-refractivity contribution in [3.63, 3.8) is 0 Å². The molecule has 78 valence electrons. The van der Waals surface area contributed by atoms with Gasteiger partial charge < -0.3 is 14.2 Å². The zero-order chi connectivity index (χ0) is 10.6. The zero-order valence-electron chi connectivity index (χ0n) is 8.23. The van der Waals surface area contributed by atoms with Gasteiger partial charge in [0.05, 0.1) is 44.3 Å². The van der Waals surface area contributed by atoms with Crippen molar-refractivity contribution in [3.05, 3.63) is 0 Å². The lowest BCUT2D eigenvalue weighted by atomic mass is 10.2. The number of methoxy groups -OCH3 is 1. The van der Waals surface area contributed by atoms with Crippen LogP contribution in [-0.2, 0) is 14.2 Å². The van der Waals surface area contributed by atoms with Gasteiger partial charge in [-0.3, -0.25) is 0 Å². The summed E-state index contributed by atoms with van der Waals surface area (Å²) in [7, 11) is 1.58. The predicted molar refractivity (Wildman–Crippen MR) is 48.0 cm³/mol. The standard InChI is InChI=1S/C9H14N2O3/c1-12-6-7-13-8-14-9(2-4-10)3-5-11/h9H,2-3,6-8H2,1H3. The first-order valence-corrected chi connectivity index (χ1v) is 4.27. The highest BCUT2D eigenvalue weighted by Gasteiger charge is 2.07. The molecular formula is C9H14N2O3. The molecule has 0 aromatic heterocycles. The van der Waals surface area contributed by atoms with Crippen molar-refractivity contribution in [2.24, 2.45) is 0 Å². The molecule has 0 N–H and O–H groups in total. The lowest BCUT2D eigenvalue weighted by Crippen LogP contribution is -2.15. The van der Waals surface area contributed by atoms with Crippen molar-refractivity contribution in [2.75, 3.05) is 27.1 Å². The van der Waals surface area contributed by atoms with E-state index in [9.17, 15) is 0 Å². The summed E-state index contributed by atoms with van der Waals surface area (Å²) in [4.78, 5) is 0. The average Bonchev–Trinajstić information content (AvgIpc) is 2.18. The number of hydrogen-bond acceptors (Lipinski definition) is 5. The molecule has 0 saturated heterocycles. The summed E-state index contributed by atoms with van der Waals surface area (Å²) in [5.41, 5.74) is 0. The number of hydrogen-bond donors (Lipinski definition) is 0. The van der Waals surface area contributed by atoms with Gasteiger partial charge in [0.15, 0.2) is 0 Å². The van der Waals surface area contributed by atoms with Crippen LogP contribution in [0.1, 0.15) is 12.8 Å². The summed E-state index contributed by atoms with van der Waals surface area (Å²) in [5, 5.41) is 16.8. The van der Waals surface area contributed by atoms with Crippen molar-refractivity contribution in [2.45, 2.75) is 18.9 Å². The van der Waals surface area contributed by atoms with Crippen LogP contribution in [0.5, 0.6) is 0 Å². The molecule has 0 atom stereocenters. The van der Waals surface area contributed by atoms with E-state index < -0.39 is 0 Å². The van der Waals surface area contributed by atoms with Gasteiger partial charge in [-0.2, -0.15) is 10.5 Å². The third-order valence-electron chi connectivity index (χ3n) is 1.46. The van der Waals surface area contributed by atoms with Crippen LogP contribution in [-0.4, -0.2) is 33.2 Å². The first kappa shape index (κ1) is 12.9. The number of nitriles is 2. The first-order valence-electron chi connectivity index (χ1n) is 4.27. The molecule has 5 heteroatoms. The molecule has 0 amide bonds. The average molecular weight is 198 g/mol. The SMILES string of the molecule is COCCOCOC(CC#N)CC#N. The highest BCUT2D eigenvalue weighted by molar-refractivity contribution is 4.83. The minimum absolute atomic E-state index is 0.0946. The van der Waals surface area contributed by atoms with Crippen molar-refractivity contribution in [1.82, 2.24) is 0 Å². The van der Waals surface area contributed by atoms with Gasteiger partial charge in [0.2, 0.25) is 0 Å². The molecule has 0 bridgehead atoms. The molecule has 0 rings (SSSR count). The van der Waals surface area contributed by atoms with E-state index in [1.165, 1.54) is 0 Å². The fourth-order valence-corrected chi connectivity index (χ4v) is 0.739. The summed E-state index contributed by atoms with van der Waals surface area (Å²) in [6, 6.07) is 3.90. The van der Waals surface area contributed by atoms with Gasteiger partial charge in [-0.15, -0.1) is 0 Å². The maximum atomic E-state index is 8.40. The van der Waals surface area contributed by atoms with E-state index in [-0.39, 0.29) is 25.7 Å². The van der Waals surface area contributed by atoms with Gasteiger partial charge in [-0.05, 0) is 0 Å². The van der Waals surface area contributed by atoms with Gasteiger partial charge in [0.25, 0.3) is 0 Å². The normalized spacial score (nSPS) is 9.71. The topological polar surface area (TPSA) is 75.3 Å². The molecule has 14 heavy (non-hydrogen) atoms. The summed E-state index contributed by atoms with van der Waals surface area (Å²) < 4.78 is 14.9. The van der Waals surface area contributed by atoms with E-state index in [4.69, 9.17) is 24.7 Å². The highest BCUT2D eigenvalue weighted by atomic mass is 16.7. The molecule has 5 nitrogen and oxygen atoms in total. The van der Waals surface area contributed by atoms with Crippen molar-refractivity contribution >= 4 is 0 Å². The smallest absolute Gasteiger partial charge is 0.147 e. The Bertz CT molecular complexity index is 191. The van der Waals surface area contributed by atoms with Crippen LogP contribution in [0, 0.1) is 22.7 Å². The monoisotopic (exact) mass is 198 g/mol. The quantitative estimate of drug-likeness (QED) is 0.426. The highest BCUT2D eigenvalue weighted by Crippen LogP contribution is 2.02. The number of nitrogens with zero attached hydrogens (tertiary/aromatic N) is 2. The molecule has 0 unspecified atom stereocenters. The lowest BCUT2D eigenvalue weighted by Gasteiger charge is -2.11. The molecule has 0 fully saturated rings. The third kappa shape index (κ3) is 7.51. The van der Waals surface area contributed by atoms with Gasteiger partial charge in [0.1, 0.15) is 6.79 Å². The predicted octanol–water partition coefficient (Wildman–Crippen LogP) is 0.819. The van der Waals surface area contributed by atoms with Crippen LogP contribution < -0.4 is 0 Å². The summed E-state index contributed by atoms with van der Waals surface area (Å²) in [6.07, 6.45) is 0.0649. The Kier molecular flexibility index (Phi) is 9.13. The third-order valence-corrected chi connectivity index (χ3v) is 1.46. The van der Waals surface area contributed by atoms with E-state index in [1.54, 1.807) is 7.11 Å². The fourth-order valence-electron chi connectivity index (χ4n) is 0.739. The molecule has 0 aliphatic heterocycles. The van der Waals surface area contributed by atoms with Gasteiger partial charge in [-0.1, -0.05) is 0 Å². The Morgan fingerprint density at radius 1 is 1.14 bits per heavy atom. The maximum Gasteiger partial charge on any atom is 0.147 e.